The van der Waals surface area contributed by atoms with E-state index in [-0.39, 0.29) is 59.8 Å². The summed E-state index contributed by atoms with van der Waals surface area (Å²) in [7, 11) is 12.7. The molecule has 4 N–H and O–H groups in total. The van der Waals surface area contributed by atoms with Crippen LogP contribution in [-0.4, -0.2) is 109 Å². The van der Waals surface area contributed by atoms with Crippen LogP contribution in [0.15, 0.2) is 37.4 Å². The van der Waals surface area contributed by atoms with Crippen molar-refractivity contribution in [3.63, 3.8) is 0 Å². The molecular weight excluding hydrogens is 926 g/mol. The molecule has 0 aromatic carbocycles. The van der Waals surface area contributed by atoms with Crippen LogP contribution in [0.25, 0.3) is 56.5 Å². The third-order valence-corrected chi connectivity index (χ3v) is 10.5. The van der Waals surface area contributed by atoms with Gasteiger partial charge in [-0.2, -0.15) is 0 Å². The molecule has 2 amide bonds. The Labute approximate surface area is 367 Å². The van der Waals surface area contributed by atoms with Gasteiger partial charge in [-0.1, -0.05) is 25.3 Å². The number of nitrogens with one attached hydrogen (secondary N) is 4. The SMILES string of the molecule is C=Cc1c(C)c2cc3[nH]c(cc4nc(cc5nc(cc1[nH]2)C(C)=C5CCC(=O)NCC[N+](C)(C)C)C(CCC(=O)NCC[N+](C)(C)C)=C4C)c(C)c3C=C.[I-].[I-]. The van der Waals surface area contributed by atoms with Crippen LogP contribution in [0.1, 0.15) is 84.6 Å². The van der Waals surface area contributed by atoms with Crippen molar-refractivity contribution in [2.75, 3.05) is 68.5 Å². The summed E-state index contributed by atoms with van der Waals surface area (Å²) in [6, 6.07) is 8.34. The Bertz CT molecular complexity index is 2230. The number of hydrogen-bond donors (Lipinski definition) is 4. The molecule has 0 fully saturated rings. The predicted molar refractivity (Wildman–Crippen MR) is 226 cm³/mol. The summed E-state index contributed by atoms with van der Waals surface area (Å²) in [5.74, 6) is 0.0353. The number of hydrogen-bond acceptors (Lipinski definition) is 4. The van der Waals surface area contributed by atoms with Crippen LogP contribution in [0.2, 0.25) is 0 Å². The van der Waals surface area contributed by atoms with Gasteiger partial charge in [-0.3, -0.25) is 9.59 Å². The molecule has 0 aliphatic carbocycles. The number of halogens is 2. The zero-order valence-electron chi connectivity index (χ0n) is 34.9. The Morgan fingerprint density at radius 2 is 0.982 bits per heavy atom. The average molecular weight is 987 g/mol. The maximum absolute atomic E-state index is 13.1. The molecule has 302 valence electrons. The van der Waals surface area contributed by atoms with Gasteiger partial charge in [-0.05, 0) is 98.2 Å². The van der Waals surface area contributed by atoms with E-state index in [9.17, 15) is 9.59 Å². The van der Waals surface area contributed by atoms with E-state index in [1.54, 1.807) is 0 Å². The second-order valence-corrected chi connectivity index (χ2v) is 16.7. The molecule has 0 spiro atoms. The van der Waals surface area contributed by atoms with Crippen LogP contribution in [0, 0.1) is 13.8 Å². The first kappa shape index (κ1) is 46.8. The lowest BCUT2D eigenvalue weighted by molar-refractivity contribution is -0.869. The number of aromatic nitrogens is 4. The highest BCUT2D eigenvalue weighted by molar-refractivity contribution is 5.97. The minimum atomic E-state index is 0. The lowest BCUT2D eigenvalue weighted by Gasteiger charge is -2.23. The van der Waals surface area contributed by atoms with E-state index in [1.807, 2.05) is 18.2 Å². The molecule has 0 saturated heterocycles. The van der Waals surface area contributed by atoms with Gasteiger partial charge in [0, 0.05) is 46.0 Å². The van der Waals surface area contributed by atoms with Gasteiger partial charge in [-0.25, -0.2) is 9.97 Å². The van der Waals surface area contributed by atoms with Crippen LogP contribution in [-0.2, 0) is 9.59 Å². The number of fused-ring (bicyclic) bond motifs is 8. The van der Waals surface area contributed by atoms with E-state index in [0.717, 1.165) is 111 Å². The molecule has 3 aromatic rings. The van der Waals surface area contributed by atoms with Crippen LogP contribution >= 0.6 is 0 Å². The summed E-state index contributed by atoms with van der Waals surface area (Å²) >= 11 is 0. The summed E-state index contributed by atoms with van der Waals surface area (Å²) in [5.41, 5.74) is 15.2. The summed E-state index contributed by atoms with van der Waals surface area (Å²) in [6.07, 6.45) is 5.52. The van der Waals surface area contributed by atoms with Gasteiger partial charge in [0.05, 0.1) is 91.2 Å². The molecule has 2 aliphatic heterocycles. The van der Waals surface area contributed by atoms with Crippen molar-refractivity contribution in [1.82, 2.24) is 30.6 Å². The first-order valence-electron chi connectivity index (χ1n) is 18.9. The molecule has 0 saturated carbocycles. The average Bonchev–Trinajstić information content (AvgIpc) is 3.74. The second-order valence-electron chi connectivity index (χ2n) is 16.7. The minimum Gasteiger partial charge on any atom is -1.00 e. The zero-order valence-corrected chi connectivity index (χ0v) is 39.2. The molecule has 8 bridgehead atoms. The van der Waals surface area contributed by atoms with Crippen molar-refractivity contribution in [1.29, 1.82) is 0 Å². The first-order chi connectivity index (χ1) is 25.4. The van der Waals surface area contributed by atoms with E-state index in [1.165, 1.54) is 0 Å². The van der Waals surface area contributed by atoms with Crippen molar-refractivity contribution in [2.45, 2.75) is 53.4 Å². The molecule has 5 heterocycles. The summed E-state index contributed by atoms with van der Waals surface area (Å²) in [4.78, 5) is 43.8. The fourth-order valence-electron chi connectivity index (χ4n) is 7.02. The molecule has 5 rings (SSSR count). The van der Waals surface area contributed by atoms with E-state index >= 15 is 0 Å². The van der Waals surface area contributed by atoms with E-state index in [0.29, 0.717) is 38.8 Å². The van der Waals surface area contributed by atoms with Gasteiger partial charge in [0.1, 0.15) is 0 Å². The Morgan fingerprint density at radius 1 is 0.607 bits per heavy atom. The maximum atomic E-state index is 13.1. The third kappa shape index (κ3) is 11.3. The van der Waals surface area contributed by atoms with E-state index in [2.05, 4.69) is 122 Å². The number of aryl methyl sites for hydroxylation is 2. The highest BCUT2D eigenvalue weighted by Crippen LogP contribution is 2.38. The van der Waals surface area contributed by atoms with Gasteiger partial charge in [0.15, 0.2) is 0 Å². The quantitative estimate of drug-likeness (QED) is 0.144. The first-order valence-corrected chi connectivity index (χ1v) is 18.9. The number of carbonyl (C=O) groups is 2. The Morgan fingerprint density at radius 3 is 1.38 bits per heavy atom. The Kier molecular flexibility index (Phi) is 16.1. The van der Waals surface area contributed by atoms with Crippen LogP contribution < -0.4 is 58.6 Å². The molecule has 2 aliphatic rings. The number of quaternary nitrogens is 2. The number of amides is 2. The molecular formula is C44H60I2N8O2. The monoisotopic (exact) mass is 986 g/mol. The van der Waals surface area contributed by atoms with Crippen LogP contribution in [0.4, 0.5) is 0 Å². The molecule has 0 unspecified atom stereocenters. The molecule has 56 heavy (non-hydrogen) atoms. The van der Waals surface area contributed by atoms with Crippen molar-refractivity contribution in [3.05, 3.63) is 82.5 Å². The highest BCUT2D eigenvalue weighted by Gasteiger charge is 2.23. The van der Waals surface area contributed by atoms with Gasteiger partial charge >= 0.3 is 0 Å². The molecule has 3 aromatic heterocycles. The van der Waals surface area contributed by atoms with Gasteiger partial charge in [0.2, 0.25) is 11.8 Å². The van der Waals surface area contributed by atoms with Gasteiger partial charge in [0.25, 0.3) is 0 Å². The molecule has 0 radical (unpaired) electrons. The van der Waals surface area contributed by atoms with Gasteiger partial charge < -0.3 is 77.5 Å². The zero-order chi connectivity index (χ0) is 39.5. The summed E-state index contributed by atoms with van der Waals surface area (Å²) in [5, 5.41) is 6.20. The minimum absolute atomic E-state index is 0. The third-order valence-electron chi connectivity index (χ3n) is 10.5. The maximum Gasteiger partial charge on any atom is 0.220 e. The molecule has 0 atom stereocenters. The summed E-state index contributed by atoms with van der Waals surface area (Å²) < 4.78 is 1.56. The predicted octanol–water partition coefficient (Wildman–Crippen LogP) is 1.29. The Hall–Kier alpha value is -3.60. The van der Waals surface area contributed by atoms with Crippen molar-refractivity contribution in [2.24, 2.45) is 0 Å². The lowest BCUT2D eigenvalue weighted by atomic mass is 9.98. The van der Waals surface area contributed by atoms with Crippen molar-refractivity contribution >= 4 is 68.3 Å². The smallest absolute Gasteiger partial charge is 0.220 e. The number of rotatable bonds is 14. The Balaban J connectivity index is 0.00000420. The fourth-order valence-corrected chi connectivity index (χ4v) is 7.02. The van der Waals surface area contributed by atoms with Gasteiger partial charge in [-0.15, -0.1) is 0 Å². The molecule has 10 nitrogen and oxygen atoms in total. The van der Waals surface area contributed by atoms with Crippen molar-refractivity contribution < 1.29 is 66.5 Å². The number of aromatic amines is 2. The largest absolute Gasteiger partial charge is 1.00 e. The number of H-pyrrole nitrogens is 2. The topological polar surface area (TPSA) is 116 Å². The fraction of sp³-hybridized carbons (Fsp3) is 0.409. The highest BCUT2D eigenvalue weighted by atomic mass is 127. The van der Waals surface area contributed by atoms with Crippen molar-refractivity contribution in [3.8, 4) is 0 Å². The summed E-state index contributed by atoms with van der Waals surface area (Å²) in [6.45, 7) is 19.6. The van der Waals surface area contributed by atoms with E-state index in [4.69, 9.17) is 9.97 Å². The second kappa shape index (κ2) is 19.2. The van der Waals surface area contributed by atoms with Crippen LogP contribution in [0.5, 0.6) is 0 Å². The number of nitrogens with zero attached hydrogens (tertiary/aromatic N) is 4. The van der Waals surface area contributed by atoms with E-state index < -0.39 is 0 Å². The lowest BCUT2D eigenvalue weighted by Crippen LogP contribution is -3.00. The standard InChI is InChI=1S/C44H58N8O2.2HI/c1-13-31-27(3)35-23-36-29(5)33(15-17-43(53)45-19-21-51(7,8)9)41(49-36)26-42-34(16-18-44(54)46-20-22-52(10,11)12)30(6)38(50-42)25-40-32(14-2)28(4)37(48-40)24-39(31)47-35;;/h13-14,23-26H,1-2,15-22H2,3-12H3,(H2-2,45,46,47,48,49,50,53,54);2*1H. The number of carbonyl (C=O) groups excluding carboxylic acids is 2. The normalized spacial score (nSPS) is 12.9. The number of likely N-dealkylation sites (N-methyl/N-ethyl adjacent to an activating group) is 2. The molecule has 12 heteroatoms. The van der Waals surface area contributed by atoms with Crippen LogP contribution in [0.3, 0.4) is 0 Å². The number of allylic oxidation sites excluding steroid dienone is 4.